The molecule has 0 bridgehead atoms. The van der Waals surface area contributed by atoms with Crippen LogP contribution in [0.1, 0.15) is 60.0 Å². The molecule has 4 rings (SSSR count). The van der Waals surface area contributed by atoms with Gasteiger partial charge < -0.3 is 14.2 Å². The number of rotatable bonds is 15. The zero-order chi connectivity index (χ0) is 31.3. The third-order valence-corrected chi connectivity index (χ3v) is 7.80. The summed E-state index contributed by atoms with van der Waals surface area (Å²) < 4.78 is 16.2. The summed E-state index contributed by atoms with van der Waals surface area (Å²) in [4.78, 5) is 38.6. The normalized spacial score (nSPS) is 11.0. The summed E-state index contributed by atoms with van der Waals surface area (Å²) in [6.07, 6.45) is 4.07. The molecule has 0 saturated heterocycles. The highest BCUT2D eigenvalue weighted by Crippen LogP contribution is 2.34. The number of ketones is 1. The minimum Gasteiger partial charge on any atom is -0.490 e. The standard InChI is InChI=1S/C36H37NO6S/c1-4-41-31-19-17-28(23-32(31)42-5-2)30(38)18-20-34(39)37-35-24-29(27-10-8-7-9-11-27)33(44-35)22-26-14-12-25(13-15-26)16-21-36(40)43-6-3/h7-17,19,21,23-24H,4-6,18,20,22H2,1-3H3,(H,37,39)/p+1. The number of thiophene rings is 1. The highest BCUT2D eigenvalue weighted by molar-refractivity contribution is 7.15. The Labute approximate surface area is 262 Å². The molecule has 0 fully saturated rings. The van der Waals surface area contributed by atoms with Gasteiger partial charge in [-0.15, -0.1) is 0 Å². The number of amides is 1. The molecule has 4 aromatic rings. The number of primary amides is 1. The first kappa shape index (κ1) is 32.4. The summed E-state index contributed by atoms with van der Waals surface area (Å²) in [7, 11) is 0. The fourth-order valence-electron chi connectivity index (χ4n) is 4.64. The van der Waals surface area contributed by atoms with Gasteiger partial charge in [0.15, 0.2) is 22.3 Å². The van der Waals surface area contributed by atoms with Crippen molar-refractivity contribution in [1.29, 1.82) is 0 Å². The number of Topliss-reactive ketones (excluding diaryl/α,β-unsaturated/α-hetero) is 1. The molecule has 0 aliphatic rings. The van der Waals surface area contributed by atoms with Crippen LogP contribution in [0.2, 0.25) is 0 Å². The average Bonchev–Trinajstić information content (AvgIpc) is 3.42. The van der Waals surface area contributed by atoms with E-state index in [0.717, 1.165) is 32.1 Å². The van der Waals surface area contributed by atoms with E-state index >= 15 is 0 Å². The second-order valence-corrected chi connectivity index (χ2v) is 11.1. The lowest BCUT2D eigenvalue weighted by atomic mass is 10.0. The van der Waals surface area contributed by atoms with E-state index in [2.05, 4.69) is 12.1 Å². The number of hydrogen-bond donors (Lipinski definition) is 1. The zero-order valence-electron chi connectivity index (χ0n) is 25.3. The smallest absolute Gasteiger partial charge is 0.330 e. The van der Waals surface area contributed by atoms with Crippen LogP contribution in [0.15, 0.2) is 84.9 Å². The minimum absolute atomic E-state index is 0.0977. The molecule has 1 amide bonds. The Bertz CT molecular complexity index is 1590. The molecule has 1 aromatic heterocycles. The quantitative estimate of drug-likeness (QED) is 0.0905. The average molecular weight is 613 g/mol. The number of nitrogens with two attached hydrogens (primary N) is 1. The van der Waals surface area contributed by atoms with E-state index in [1.165, 1.54) is 6.08 Å². The Morgan fingerprint density at radius 3 is 2.23 bits per heavy atom. The van der Waals surface area contributed by atoms with Gasteiger partial charge in [0.1, 0.15) is 0 Å². The summed E-state index contributed by atoms with van der Waals surface area (Å²) in [5.74, 6) is 0.546. The maximum Gasteiger partial charge on any atom is 0.330 e. The first-order chi connectivity index (χ1) is 21.4. The van der Waals surface area contributed by atoms with Crippen molar-refractivity contribution in [3.05, 3.63) is 107 Å². The SMILES string of the molecule is CCOC(=O)C=Cc1ccc(Cc2sc([NH2+]C(=O)CCC(=O)c3ccc(OCC)c(OCC)c3)cc2-c2ccccc2)cc1. The van der Waals surface area contributed by atoms with Crippen LogP contribution >= 0.6 is 11.3 Å². The predicted octanol–water partition coefficient (Wildman–Crippen LogP) is 6.76. The molecule has 8 heteroatoms. The Balaban J connectivity index is 1.43. The van der Waals surface area contributed by atoms with Gasteiger partial charge in [-0.25, -0.2) is 14.9 Å². The molecule has 0 atom stereocenters. The molecule has 0 spiro atoms. The van der Waals surface area contributed by atoms with Crippen LogP contribution in [0.25, 0.3) is 17.2 Å². The lowest BCUT2D eigenvalue weighted by molar-refractivity contribution is -0.479. The van der Waals surface area contributed by atoms with Gasteiger partial charge in [0.2, 0.25) is 0 Å². The third-order valence-electron chi connectivity index (χ3n) is 6.72. The molecule has 228 valence electrons. The number of ether oxygens (including phenoxy) is 3. The maximum absolute atomic E-state index is 13.0. The molecule has 0 unspecified atom stereocenters. The largest absolute Gasteiger partial charge is 0.490 e. The van der Waals surface area contributed by atoms with Gasteiger partial charge in [0.25, 0.3) is 0 Å². The van der Waals surface area contributed by atoms with Crippen molar-refractivity contribution in [1.82, 2.24) is 0 Å². The topological polar surface area (TPSA) is 95.5 Å². The summed E-state index contributed by atoms with van der Waals surface area (Å²) in [5.41, 5.74) is 4.68. The van der Waals surface area contributed by atoms with Gasteiger partial charge >= 0.3 is 11.9 Å². The first-order valence-corrected chi connectivity index (χ1v) is 15.6. The van der Waals surface area contributed by atoms with E-state index in [-0.39, 0.29) is 30.5 Å². The van der Waals surface area contributed by atoms with Crippen molar-refractivity contribution in [3.8, 4) is 22.6 Å². The van der Waals surface area contributed by atoms with Gasteiger partial charge in [-0.05, 0) is 61.7 Å². The van der Waals surface area contributed by atoms with Crippen LogP contribution in [0, 0.1) is 0 Å². The monoisotopic (exact) mass is 612 g/mol. The van der Waals surface area contributed by atoms with Crippen molar-refractivity contribution < 1.29 is 33.9 Å². The number of quaternary nitrogens is 1. The van der Waals surface area contributed by atoms with E-state index in [9.17, 15) is 14.4 Å². The van der Waals surface area contributed by atoms with Crippen LogP contribution in [-0.4, -0.2) is 37.5 Å². The third kappa shape index (κ3) is 9.23. The van der Waals surface area contributed by atoms with Crippen LogP contribution in [-0.2, 0) is 20.7 Å². The second-order valence-electron chi connectivity index (χ2n) is 9.92. The van der Waals surface area contributed by atoms with Crippen molar-refractivity contribution in [2.75, 3.05) is 19.8 Å². The van der Waals surface area contributed by atoms with E-state index in [1.807, 2.05) is 62.4 Å². The number of carbonyl (C=O) groups excluding carboxylic acids is 3. The molecule has 3 aromatic carbocycles. The molecule has 1 heterocycles. The molecular formula is C36H38NO6S+. The lowest BCUT2D eigenvalue weighted by Crippen LogP contribution is -2.81. The first-order valence-electron chi connectivity index (χ1n) is 14.8. The van der Waals surface area contributed by atoms with Crippen LogP contribution in [0.4, 0.5) is 5.00 Å². The summed E-state index contributed by atoms with van der Waals surface area (Å²) in [6, 6.07) is 25.3. The summed E-state index contributed by atoms with van der Waals surface area (Å²) >= 11 is 1.58. The Morgan fingerprint density at radius 1 is 0.795 bits per heavy atom. The molecule has 2 N–H and O–H groups in total. The van der Waals surface area contributed by atoms with Gasteiger partial charge in [-0.3, -0.25) is 4.79 Å². The number of hydrogen-bond acceptors (Lipinski definition) is 7. The lowest BCUT2D eigenvalue weighted by Gasteiger charge is -2.11. The highest BCUT2D eigenvalue weighted by atomic mass is 32.1. The van der Waals surface area contributed by atoms with Crippen molar-refractivity contribution in [3.63, 3.8) is 0 Å². The van der Waals surface area contributed by atoms with Crippen LogP contribution in [0.5, 0.6) is 11.5 Å². The summed E-state index contributed by atoms with van der Waals surface area (Å²) in [5, 5.41) is 2.49. The van der Waals surface area contributed by atoms with Gasteiger partial charge in [-0.2, -0.15) is 0 Å². The van der Waals surface area contributed by atoms with Crippen LogP contribution in [0.3, 0.4) is 0 Å². The molecule has 0 saturated carbocycles. The number of benzene rings is 3. The number of esters is 1. The molecular weight excluding hydrogens is 574 g/mol. The predicted molar refractivity (Wildman–Crippen MR) is 174 cm³/mol. The molecule has 44 heavy (non-hydrogen) atoms. The number of carbonyl (C=O) groups is 3. The minimum atomic E-state index is -0.364. The fourth-order valence-corrected chi connectivity index (χ4v) is 5.81. The highest BCUT2D eigenvalue weighted by Gasteiger charge is 2.19. The molecule has 0 radical (unpaired) electrons. The molecule has 7 nitrogen and oxygen atoms in total. The molecule has 0 aliphatic carbocycles. The van der Waals surface area contributed by atoms with Gasteiger partial charge in [0, 0.05) is 41.0 Å². The van der Waals surface area contributed by atoms with Crippen LogP contribution < -0.4 is 14.8 Å². The zero-order valence-corrected chi connectivity index (χ0v) is 26.2. The van der Waals surface area contributed by atoms with E-state index in [4.69, 9.17) is 14.2 Å². The summed E-state index contributed by atoms with van der Waals surface area (Å²) in [6.45, 7) is 6.84. The second kappa shape index (κ2) is 16.4. The van der Waals surface area contributed by atoms with Crippen molar-refractivity contribution in [2.24, 2.45) is 0 Å². The van der Waals surface area contributed by atoms with Crippen molar-refractivity contribution >= 4 is 40.1 Å². The van der Waals surface area contributed by atoms with E-state index in [0.29, 0.717) is 43.3 Å². The van der Waals surface area contributed by atoms with E-state index in [1.54, 1.807) is 47.9 Å². The molecule has 0 aliphatic heterocycles. The Hall–Kier alpha value is -4.53. The van der Waals surface area contributed by atoms with Gasteiger partial charge in [0.05, 0.1) is 26.2 Å². The Morgan fingerprint density at radius 2 is 1.52 bits per heavy atom. The van der Waals surface area contributed by atoms with Gasteiger partial charge in [-0.1, -0.05) is 65.9 Å². The van der Waals surface area contributed by atoms with E-state index < -0.39 is 0 Å². The Kier molecular flexibility index (Phi) is 12.0. The fraction of sp³-hybridized carbons (Fsp3) is 0.250. The van der Waals surface area contributed by atoms with Crippen molar-refractivity contribution in [2.45, 2.75) is 40.0 Å². The maximum atomic E-state index is 13.0.